The van der Waals surface area contributed by atoms with Gasteiger partial charge in [0, 0.05) is 25.0 Å². The van der Waals surface area contributed by atoms with Crippen molar-refractivity contribution in [2.24, 2.45) is 0 Å². The normalized spacial score (nSPS) is 19.7. The molecule has 2 aromatic heterocycles. The molecule has 0 radical (unpaired) electrons. The van der Waals surface area contributed by atoms with E-state index >= 15 is 0 Å². The molecule has 19 heavy (non-hydrogen) atoms. The molecule has 0 saturated carbocycles. The Balaban J connectivity index is 1.97. The molecule has 0 spiro atoms. The summed E-state index contributed by atoms with van der Waals surface area (Å²) in [5.74, 6) is 1.15. The van der Waals surface area contributed by atoms with Gasteiger partial charge in [-0.3, -0.25) is 4.57 Å². The minimum atomic E-state index is 0.214. The molecular formula is C12H15ClN6. The molecule has 2 aromatic rings. The standard InChI is InChI=1S/C12H15ClN6/c1-9-4-2-3-6-19(9)12-16-10(13)15-11(17-12)18-7-5-14-8-18/h5,7-9H,2-4,6H2,1H3. The first-order valence-electron chi connectivity index (χ1n) is 6.40. The van der Waals surface area contributed by atoms with Crippen molar-refractivity contribution in [3.8, 4) is 5.95 Å². The van der Waals surface area contributed by atoms with Crippen LogP contribution in [0.5, 0.6) is 0 Å². The Morgan fingerprint density at radius 3 is 2.79 bits per heavy atom. The molecule has 6 nitrogen and oxygen atoms in total. The van der Waals surface area contributed by atoms with Gasteiger partial charge in [0.05, 0.1) is 0 Å². The number of imidazole rings is 1. The molecule has 0 aliphatic carbocycles. The predicted octanol–water partition coefficient (Wildman–Crippen LogP) is 2.09. The fourth-order valence-electron chi connectivity index (χ4n) is 2.35. The summed E-state index contributed by atoms with van der Waals surface area (Å²) in [6.45, 7) is 3.15. The molecule has 0 amide bonds. The van der Waals surface area contributed by atoms with E-state index < -0.39 is 0 Å². The highest BCUT2D eigenvalue weighted by molar-refractivity contribution is 6.28. The van der Waals surface area contributed by atoms with E-state index in [1.807, 2.05) is 0 Å². The maximum atomic E-state index is 6.01. The van der Waals surface area contributed by atoms with E-state index in [4.69, 9.17) is 11.6 Å². The van der Waals surface area contributed by atoms with Crippen molar-refractivity contribution in [2.75, 3.05) is 11.4 Å². The minimum Gasteiger partial charge on any atom is -0.338 e. The molecular weight excluding hydrogens is 264 g/mol. The Morgan fingerprint density at radius 2 is 2.05 bits per heavy atom. The van der Waals surface area contributed by atoms with Crippen molar-refractivity contribution in [1.29, 1.82) is 0 Å². The van der Waals surface area contributed by atoms with Gasteiger partial charge in [0.25, 0.3) is 0 Å². The van der Waals surface area contributed by atoms with Crippen molar-refractivity contribution >= 4 is 17.5 Å². The van der Waals surface area contributed by atoms with Crippen molar-refractivity contribution in [3.05, 3.63) is 24.0 Å². The number of piperidine rings is 1. The SMILES string of the molecule is CC1CCCCN1c1nc(Cl)nc(-n2ccnc2)n1. The average molecular weight is 279 g/mol. The number of hydrogen-bond acceptors (Lipinski definition) is 5. The zero-order chi connectivity index (χ0) is 13.2. The lowest BCUT2D eigenvalue weighted by atomic mass is 10.0. The van der Waals surface area contributed by atoms with Crippen molar-refractivity contribution in [1.82, 2.24) is 24.5 Å². The molecule has 7 heteroatoms. The summed E-state index contributed by atoms with van der Waals surface area (Å²) in [4.78, 5) is 19.1. The molecule has 3 rings (SSSR count). The topological polar surface area (TPSA) is 59.7 Å². The zero-order valence-electron chi connectivity index (χ0n) is 10.7. The van der Waals surface area contributed by atoms with Crippen LogP contribution in [0.4, 0.5) is 5.95 Å². The van der Waals surface area contributed by atoms with E-state index in [-0.39, 0.29) is 5.28 Å². The fraction of sp³-hybridized carbons (Fsp3) is 0.500. The van der Waals surface area contributed by atoms with Crippen LogP contribution >= 0.6 is 11.6 Å². The third-order valence-corrected chi connectivity index (χ3v) is 3.55. The summed E-state index contributed by atoms with van der Waals surface area (Å²) in [5, 5.41) is 0.214. The number of rotatable bonds is 2. The lowest BCUT2D eigenvalue weighted by Gasteiger charge is -2.33. The Hall–Kier alpha value is -1.69. The maximum Gasteiger partial charge on any atom is 0.241 e. The van der Waals surface area contributed by atoms with Gasteiger partial charge in [0.15, 0.2) is 0 Å². The highest BCUT2D eigenvalue weighted by atomic mass is 35.5. The fourth-order valence-corrected chi connectivity index (χ4v) is 2.50. The van der Waals surface area contributed by atoms with Crippen LogP contribution in [0.15, 0.2) is 18.7 Å². The average Bonchev–Trinajstić information content (AvgIpc) is 2.92. The van der Waals surface area contributed by atoms with E-state index in [1.54, 1.807) is 23.3 Å². The molecule has 0 N–H and O–H groups in total. The number of halogens is 1. The Bertz CT molecular complexity index is 555. The minimum absolute atomic E-state index is 0.214. The van der Waals surface area contributed by atoms with Crippen LogP contribution in [0.2, 0.25) is 5.28 Å². The van der Waals surface area contributed by atoms with Crippen LogP contribution in [0.25, 0.3) is 5.95 Å². The summed E-state index contributed by atoms with van der Waals surface area (Å²) in [5.41, 5.74) is 0. The van der Waals surface area contributed by atoms with Crippen LogP contribution in [-0.4, -0.2) is 37.1 Å². The number of anilines is 1. The third kappa shape index (κ3) is 2.53. The molecule has 1 saturated heterocycles. The molecule has 1 fully saturated rings. The van der Waals surface area contributed by atoms with Gasteiger partial charge >= 0.3 is 0 Å². The second kappa shape index (κ2) is 5.13. The van der Waals surface area contributed by atoms with Crippen LogP contribution in [0.1, 0.15) is 26.2 Å². The van der Waals surface area contributed by atoms with Crippen LogP contribution < -0.4 is 4.90 Å². The van der Waals surface area contributed by atoms with Gasteiger partial charge in [0.2, 0.25) is 17.2 Å². The summed E-state index contributed by atoms with van der Waals surface area (Å²) in [6.07, 6.45) is 8.69. The molecule has 1 unspecified atom stereocenters. The molecule has 1 aliphatic heterocycles. The van der Waals surface area contributed by atoms with Crippen molar-refractivity contribution in [2.45, 2.75) is 32.2 Å². The van der Waals surface area contributed by atoms with Gasteiger partial charge in [-0.15, -0.1) is 0 Å². The maximum absolute atomic E-state index is 6.01. The Morgan fingerprint density at radius 1 is 1.21 bits per heavy atom. The predicted molar refractivity (Wildman–Crippen MR) is 72.6 cm³/mol. The quantitative estimate of drug-likeness (QED) is 0.842. The van der Waals surface area contributed by atoms with Crippen LogP contribution in [0, 0.1) is 0 Å². The lowest BCUT2D eigenvalue weighted by molar-refractivity contribution is 0.476. The van der Waals surface area contributed by atoms with Crippen LogP contribution in [0.3, 0.4) is 0 Å². The summed E-state index contributed by atoms with van der Waals surface area (Å²) in [7, 11) is 0. The van der Waals surface area contributed by atoms with E-state index in [0.29, 0.717) is 17.9 Å². The number of nitrogens with zero attached hydrogens (tertiary/aromatic N) is 6. The molecule has 0 aromatic carbocycles. The lowest BCUT2D eigenvalue weighted by Crippen LogP contribution is -2.38. The largest absolute Gasteiger partial charge is 0.338 e. The second-order valence-electron chi connectivity index (χ2n) is 4.71. The van der Waals surface area contributed by atoms with Crippen molar-refractivity contribution < 1.29 is 0 Å². The molecule has 3 heterocycles. The summed E-state index contributed by atoms with van der Waals surface area (Å²) in [6, 6.07) is 0.433. The molecule has 1 atom stereocenters. The van der Waals surface area contributed by atoms with Gasteiger partial charge in [-0.1, -0.05) is 0 Å². The van der Waals surface area contributed by atoms with Crippen LogP contribution in [-0.2, 0) is 0 Å². The monoisotopic (exact) mass is 278 g/mol. The van der Waals surface area contributed by atoms with Gasteiger partial charge in [0.1, 0.15) is 6.33 Å². The first kappa shape index (κ1) is 12.3. The van der Waals surface area contributed by atoms with Gasteiger partial charge < -0.3 is 4.90 Å². The van der Waals surface area contributed by atoms with E-state index in [9.17, 15) is 0 Å². The third-order valence-electron chi connectivity index (χ3n) is 3.38. The number of aromatic nitrogens is 5. The van der Waals surface area contributed by atoms with Crippen molar-refractivity contribution in [3.63, 3.8) is 0 Å². The van der Waals surface area contributed by atoms with Gasteiger partial charge in [-0.2, -0.15) is 15.0 Å². The Labute approximate surface area is 116 Å². The number of hydrogen-bond donors (Lipinski definition) is 0. The molecule has 1 aliphatic rings. The molecule has 0 bridgehead atoms. The first-order chi connectivity index (χ1) is 9.24. The zero-order valence-corrected chi connectivity index (χ0v) is 11.5. The second-order valence-corrected chi connectivity index (χ2v) is 5.05. The first-order valence-corrected chi connectivity index (χ1v) is 6.78. The summed E-state index contributed by atoms with van der Waals surface area (Å²) >= 11 is 6.01. The van der Waals surface area contributed by atoms with Gasteiger partial charge in [-0.25, -0.2) is 4.98 Å². The van der Waals surface area contributed by atoms with Gasteiger partial charge in [-0.05, 0) is 37.8 Å². The molecule has 100 valence electrons. The smallest absolute Gasteiger partial charge is 0.241 e. The van der Waals surface area contributed by atoms with E-state index in [2.05, 4.69) is 31.8 Å². The van der Waals surface area contributed by atoms with E-state index in [1.165, 1.54) is 6.42 Å². The Kier molecular flexibility index (Phi) is 3.33. The van der Waals surface area contributed by atoms with E-state index in [0.717, 1.165) is 19.4 Å². The summed E-state index contributed by atoms with van der Waals surface area (Å²) < 4.78 is 1.73. The highest BCUT2D eigenvalue weighted by Crippen LogP contribution is 2.22. The highest BCUT2D eigenvalue weighted by Gasteiger charge is 2.22.